The molecule has 1 aromatic carbocycles. The Hall–Kier alpha value is -1.84. The molecule has 0 spiro atoms. The summed E-state index contributed by atoms with van der Waals surface area (Å²) in [4.78, 5) is 24.8. The highest BCUT2D eigenvalue weighted by molar-refractivity contribution is 5.99. The molecule has 0 saturated heterocycles. The molecule has 1 aromatic rings. The van der Waals surface area contributed by atoms with E-state index in [1.54, 1.807) is 20.8 Å². The molecule has 0 amide bonds. The van der Waals surface area contributed by atoms with E-state index in [0.29, 0.717) is 19.3 Å². The van der Waals surface area contributed by atoms with E-state index in [2.05, 4.69) is 12.1 Å². The molecule has 0 bridgehead atoms. The van der Waals surface area contributed by atoms with Gasteiger partial charge in [0.05, 0.1) is 0 Å². The van der Waals surface area contributed by atoms with Crippen LogP contribution < -0.4 is 0 Å². The topological polar surface area (TPSA) is 63.6 Å². The summed E-state index contributed by atoms with van der Waals surface area (Å²) in [5, 5.41) is 9.86. The maximum absolute atomic E-state index is 12.7. The van der Waals surface area contributed by atoms with Crippen LogP contribution in [0.25, 0.3) is 0 Å². The summed E-state index contributed by atoms with van der Waals surface area (Å²) < 4.78 is 5.46. The molecule has 140 valence electrons. The zero-order valence-corrected chi connectivity index (χ0v) is 16.2. The molecule has 0 aromatic heterocycles. The SMILES string of the molecule is CC(C)C[C@@](CCCCc1ccccc1)(C(=O)O)C(=O)OC(C)(C)C. The van der Waals surface area contributed by atoms with Crippen molar-refractivity contribution in [2.24, 2.45) is 11.3 Å². The number of hydrogen-bond acceptors (Lipinski definition) is 3. The van der Waals surface area contributed by atoms with E-state index in [-0.39, 0.29) is 5.92 Å². The number of carboxylic acid groups (broad SMARTS) is 1. The van der Waals surface area contributed by atoms with Crippen molar-refractivity contribution in [3.8, 4) is 0 Å². The molecule has 0 aliphatic heterocycles. The zero-order chi connectivity index (χ0) is 19.1. The fourth-order valence-electron chi connectivity index (χ4n) is 3.04. The number of benzene rings is 1. The Morgan fingerprint density at radius 3 is 2.16 bits per heavy atom. The van der Waals surface area contributed by atoms with E-state index in [9.17, 15) is 14.7 Å². The number of carbonyl (C=O) groups excluding carboxylic acids is 1. The van der Waals surface area contributed by atoms with Gasteiger partial charge >= 0.3 is 11.9 Å². The molecular formula is C21H32O4. The minimum Gasteiger partial charge on any atom is -0.480 e. The lowest BCUT2D eigenvalue weighted by Gasteiger charge is -2.32. The van der Waals surface area contributed by atoms with Gasteiger partial charge in [-0.3, -0.25) is 9.59 Å². The highest BCUT2D eigenvalue weighted by Gasteiger charge is 2.48. The zero-order valence-electron chi connectivity index (χ0n) is 16.2. The monoisotopic (exact) mass is 348 g/mol. The van der Waals surface area contributed by atoms with Crippen LogP contribution in [0.1, 0.15) is 65.9 Å². The molecule has 0 fully saturated rings. The maximum Gasteiger partial charge on any atom is 0.324 e. The quantitative estimate of drug-likeness (QED) is 0.393. The standard InChI is InChI=1S/C21H32O4/c1-16(2)15-21(18(22)23,19(24)25-20(3,4)5)14-10-9-13-17-11-7-6-8-12-17/h6-8,11-12,16H,9-10,13-15H2,1-5H3,(H,22,23)/t21-/m0/s1. The Kier molecular flexibility index (Phi) is 7.65. The predicted molar refractivity (Wildman–Crippen MR) is 99.4 cm³/mol. The number of aryl methyl sites for hydroxylation is 1. The Morgan fingerprint density at radius 2 is 1.68 bits per heavy atom. The van der Waals surface area contributed by atoms with Crippen LogP contribution >= 0.6 is 0 Å². The Balaban J connectivity index is 2.82. The lowest BCUT2D eigenvalue weighted by atomic mass is 9.75. The molecule has 0 aliphatic rings. The molecule has 0 unspecified atom stereocenters. The second-order valence-corrected chi connectivity index (χ2v) is 8.18. The third kappa shape index (κ3) is 6.89. The van der Waals surface area contributed by atoms with E-state index < -0.39 is 23.0 Å². The molecule has 1 rings (SSSR count). The van der Waals surface area contributed by atoms with Crippen molar-refractivity contribution in [3.63, 3.8) is 0 Å². The largest absolute Gasteiger partial charge is 0.480 e. The van der Waals surface area contributed by atoms with E-state index in [0.717, 1.165) is 12.8 Å². The number of aliphatic carboxylic acids is 1. The van der Waals surface area contributed by atoms with Crippen LogP contribution in [-0.4, -0.2) is 22.6 Å². The summed E-state index contributed by atoms with van der Waals surface area (Å²) in [6.45, 7) is 9.17. The number of ether oxygens (including phenoxy) is 1. The summed E-state index contributed by atoms with van der Waals surface area (Å²) >= 11 is 0. The minimum atomic E-state index is -1.46. The summed E-state index contributed by atoms with van der Waals surface area (Å²) in [5.41, 5.74) is -0.929. The van der Waals surface area contributed by atoms with Crippen molar-refractivity contribution in [2.75, 3.05) is 0 Å². The van der Waals surface area contributed by atoms with Crippen LogP contribution in [0.15, 0.2) is 30.3 Å². The molecule has 0 radical (unpaired) electrons. The lowest BCUT2D eigenvalue weighted by molar-refractivity contribution is -0.179. The third-order valence-electron chi connectivity index (χ3n) is 4.12. The highest BCUT2D eigenvalue weighted by Crippen LogP contribution is 2.36. The number of hydrogen-bond donors (Lipinski definition) is 1. The summed E-state index contributed by atoms with van der Waals surface area (Å²) in [5.74, 6) is -1.59. The summed E-state index contributed by atoms with van der Waals surface area (Å²) in [6, 6.07) is 10.1. The van der Waals surface area contributed by atoms with Crippen molar-refractivity contribution in [3.05, 3.63) is 35.9 Å². The van der Waals surface area contributed by atoms with Gasteiger partial charge in [-0.1, -0.05) is 50.6 Å². The maximum atomic E-state index is 12.7. The van der Waals surface area contributed by atoms with E-state index in [1.807, 2.05) is 32.0 Å². The number of carbonyl (C=O) groups is 2. The molecule has 1 atom stereocenters. The summed E-state index contributed by atoms with van der Waals surface area (Å²) in [7, 11) is 0. The number of carboxylic acids is 1. The first-order valence-corrected chi connectivity index (χ1v) is 9.07. The Morgan fingerprint density at radius 1 is 1.08 bits per heavy atom. The number of rotatable bonds is 9. The van der Waals surface area contributed by atoms with Crippen molar-refractivity contribution in [2.45, 2.75) is 72.3 Å². The molecule has 0 aliphatic carbocycles. The molecule has 25 heavy (non-hydrogen) atoms. The highest BCUT2D eigenvalue weighted by atomic mass is 16.6. The normalized spacial score (nSPS) is 14.2. The van der Waals surface area contributed by atoms with E-state index in [4.69, 9.17) is 4.74 Å². The first kappa shape index (κ1) is 21.2. The van der Waals surface area contributed by atoms with Gasteiger partial charge in [-0.15, -0.1) is 0 Å². The van der Waals surface area contributed by atoms with Crippen LogP contribution in [0.4, 0.5) is 0 Å². The second kappa shape index (κ2) is 9.02. The smallest absolute Gasteiger partial charge is 0.324 e. The van der Waals surface area contributed by atoms with Gasteiger partial charge in [0.25, 0.3) is 0 Å². The third-order valence-corrected chi connectivity index (χ3v) is 4.12. The van der Waals surface area contributed by atoms with Gasteiger partial charge in [0.1, 0.15) is 5.60 Å². The van der Waals surface area contributed by atoms with Gasteiger partial charge in [0.2, 0.25) is 0 Å². The molecule has 0 saturated carbocycles. The first-order chi connectivity index (χ1) is 11.6. The number of esters is 1. The lowest BCUT2D eigenvalue weighted by Crippen LogP contribution is -2.44. The van der Waals surface area contributed by atoms with Gasteiger partial charge in [-0.05, 0) is 57.9 Å². The van der Waals surface area contributed by atoms with Gasteiger partial charge < -0.3 is 9.84 Å². The Labute approximate surface area is 151 Å². The molecule has 1 N–H and O–H groups in total. The van der Waals surface area contributed by atoms with Gasteiger partial charge in [0.15, 0.2) is 5.41 Å². The van der Waals surface area contributed by atoms with Gasteiger partial charge in [0, 0.05) is 0 Å². The van der Waals surface area contributed by atoms with Crippen molar-refractivity contribution in [1.29, 1.82) is 0 Å². The van der Waals surface area contributed by atoms with E-state index >= 15 is 0 Å². The molecule has 4 heteroatoms. The minimum absolute atomic E-state index is 0.0951. The predicted octanol–water partition coefficient (Wildman–Crippen LogP) is 4.86. The molecule has 4 nitrogen and oxygen atoms in total. The van der Waals surface area contributed by atoms with Crippen LogP contribution in [-0.2, 0) is 20.7 Å². The van der Waals surface area contributed by atoms with Crippen LogP contribution in [0.2, 0.25) is 0 Å². The Bertz CT molecular complexity index is 557. The van der Waals surface area contributed by atoms with E-state index in [1.165, 1.54) is 5.56 Å². The first-order valence-electron chi connectivity index (χ1n) is 9.07. The van der Waals surface area contributed by atoms with Crippen molar-refractivity contribution < 1.29 is 19.4 Å². The second-order valence-electron chi connectivity index (χ2n) is 8.18. The summed E-state index contributed by atoms with van der Waals surface area (Å²) in [6.07, 6.45) is 3.00. The molecular weight excluding hydrogens is 316 g/mol. The van der Waals surface area contributed by atoms with Gasteiger partial charge in [-0.25, -0.2) is 0 Å². The molecule has 0 heterocycles. The fourth-order valence-corrected chi connectivity index (χ4v) is 3.04. The average Bonchev–Trinajstić information content (AvgIpc) is 2.49. The van der Waals surface area contributed by atoms with Crippen molar-refractivity contribution in [1.82, 2.24) is 0 Å². The van der Waals surface area contributed by atoms with Crippen molar-refractivity contribution >= 4 is 11.9 Å². The van der Waals surface area contributed by atoms with Crippen LogP contribution in [0.5, 0.6) is 0 Å². The van der Waals surface area contributed by atoms with Gasteiger partial charge in [-0.2, -0.15) is 0 Å². The fraction of sp³-hybridized carbons (Fsp3) is 0.619. The number of unbranched alkanes of at least 4 members (excludes halogenated alkanes) is 1. The average molecular weight is 348 g/mol. The van der Waals surface area contributed by atoms with Crippen LogP contribution in [0, 0.1) is 11.3 Å². The van der Waals surface area contributed by atoms with Crippen LogP contribution in [0.3, 0.4) is 0 Å².